The predicted octanol–water partition coefficient (Wildman–Crippen LogP) is 4.70. The number of unbranched alkanes of at least 4 members (excludes halogenated alkanes) is 1. The average Bonchev–Trinajstić information content (AvgIpc) is 3.30. The van der Waals surface area contributed by atoms with Gasteiger partial charge < -0.3 is 28.1 Å². The molecule has 0 bridgehead atoms. The highest BCUT2D eigenvalue weighted by molar-refractivity contribution is 6.45. The first-order chi connectivity index (χ1) is 16.5. The van der Waals surface area contributed by atoms with Gasteiger partial charge in [-0.1, -0.05) is 19.3 Å². The Morgan fingerprint density at radius 2 is 1.11 bits per heavy atom. The maximum Gasteiger partial charge on any atom is 0.458 e. The van der Waals surface area contributed by atoms with Crippen molar-refractivity contribution >= 4 is 26.2 Å². The van der Waals surface area contributed by atoms with Crippen LogP contribution in [0.2, 0.25) is 12.6 Å². The largest absolute Gasteiger partial charge is 0.468 e. The van der Waals surface area contributed by atoms with Crippen LogP contribution in [0, 0.1) is 17.3 Å². The summed E-state index contributed by atoms with van der Waals surface area (Å²) in [5.74, 6) is -0.837. The lowest BCUT2D eigenvalue weighted by Gasteiger charge is -2.32. The Bertz CT molecular complexity index is 777. The molecule has 0 aromatic rings. The van der Waals surface area contributed by atoms with Crippen LogP contribution in [0.3, 0.4) is 0 Å². The van der Waals surface area contributed by atoms with E-state index in [-0.39, 0.29) is 30.2 Å². The monoisotopic (exact) mass is 508 g/mol. The molecular formula is C26H46B2O8. The van der Waals surface area contributed by atoms with E-state index in [9.17, 15) is 9.59 Å². The van der Waals surface area contributed by atoms with Crippen molar-refractivity contribution in [3.63, 3.8) is 0 Å². The van der Waals surface area contributed by atoms with Crippen LogP contribution in [0.4, 0.5) is 0 Å². The zero-order valence-electron chi connectivity index (χ0n) is 24.0. The van der Waals surface area contributed by atoms with E-state index in [0.717, 1.165) is 25.6 Å². The number of methoxy groups -OCH3 is 2. The van der Waals surface area contributed by atoms with Crippen LogP contribution < -0.4 is 0 Å². The molecule has 2 saturated heterocycles. The molecule has 3 fully saturated rings. The van der Waals surface area contributed by atoms with Crippen LogP contribution in [0.15, 0.2) is 0 Å². The van der Waals surface area contributed by atoms with E-state index in [1.165, 1.54) is 14.2 Å². The summed E-state index contributed by atoms with van der Waals surface area (Å²) >= 11 is 0. The van der Waals surface area contributed by atoms with Gasteiger partial charge in [-0.15, -0.1) is 0 Å². The second kappa shape index (κ2) is 10.2. The molecule has 3 aliphatic rings. The maximum atomic E-state index is 12.9. The smallest absolute Gasteiger partial charge is 0.458 e. The third-order valence-corrected chi connectivity index (χ3v) is 9.40. The third-order valence-electron chi connectivity index (χ3n) is 9.40. The summed E-state index contributed by atoms with van der Waals surface area (Å²) in [7, 11) is 2.05. The van der Waals surface area contributed by atoms with Gasteiger partial charge in [-0.3, -0.25) is 9.59 Å². The molecule has 0 radical (unpaired) electrons. The highest BCUT2D eigenvalue weighted by atomic mass is 16.7. The summed E-state index contributed by atoms with van der Waals surface area (Å²) in [5.41, 5.74) is -2.82. The number of ether oxygens (including phenoxy) is 2. The van der Waals surface area contributed by atoms with Gasteiger partial charge in [0.05, 0.1) is 36.6 Å². The summed E-state index contributed by atoms with van der Waals surface area (Å²) in [6.45, 7) is 16.4. The summed E-state index contributed by atoms with van der Waals surface area (Å²) < 4.78 is 35.0. The van der Waals surface area contributed by atoms with Crippen molar-refractivity contribution in [2.24, 2.45) is 17.3 Å². The molecule has 10 heteroatoms. The first kappa shape index (κ1) is 29.5. The Hall–Kier alpha value is -1.09. The first-order valence-corrected chi connectivity index (χ1v) is 13.4. The molecule has 0 aromatic heterocycles. The molecule has 1 saturated carbocycles. The molecule has 0 spiro atoms. The Morgan fingerprint density at radius 1 is 0.694 bits per heavy atom. The SMILES string of the molecule is COC(=O)C1(C(=O)OC)C[C@H](CCCCB2OC(C)(C)C(C)(C)O2)[C@@H](CB2OC(C)(C)C(C)(C)O2)C1. The van der Waals surface area contributed by atoms with Crippen molar-refractivity contribution in [3.05, 3.63) is 0 Å². The zero-order valence-corrected chi connectivity index (χ0v) is 24.0. The van der Waals surface area contributed by atoms with Gasteiger partial charge in [0, 0.05) is 0 Å². The molecular weight excluding hydrogens is 462 g/mol. The molecule has 8 nitrogen and oxygen atoms in total. The van der Waals surface area contributed by atoms with Gasteiger partial charge in [0.2, 0.25) is 0 Å². The Labute approximate surface area is 218 Å². The van der Waals surface area contributed by atoms with Crippen molar-refractivity contribution in [1.29, 1.82) is 0 Å². The molecule has 0 unspecified atom stereocenters. The third kappa shape index (κ3) is 5.52. The van der Waals surface area contributed by atoms with Crippen LogP contribution >= 0.6 is 0 Å². The normalized spacial score (nSPS) is 29.4. The van der Waals surface area contributed by atoms with E-state index >= 15 is 0 Å². The number of rotatable bonds is 9. The lowest BCUT2D eigenvalue weighted by Crippen LogP contribution is -2.41. The standard InChI is InChI=1S/C26H46B2O8/c1-22(2)23(3,4)34-27(33-22)14-12-11-13-18-15-26(20(29)31-9,21(30)32-10)16-19(18)17-28-35-24(5,6)25(7,8)36-28/h18-19H,11-17H2,1-10H3/t18-,19+/m0/s1. The predicted molar refractivity (Wildman–Crippen MR) is 138 cm³/mol. The number of hydrogen-bond acceptors (Lipinski definition) is 8. The molecule has 0 N–H and O–H groups in total. The molecule has 2 aliphatic heterocycles. The molecule has 2 heterocycles. The molecule has 36 heavy (non-hydrogen) atoms. The highest BCUT2D eigenvalue weighted by Crippen LogP contribution is 2.52. The summed E-state index contributed by atoms with van der Waals surface area (Å²) in [6, 6.07) is 0. The number of hydrogen-bond donors (Lipinski definition) is 0. The van der Waals surface area contributed by atoms with Crippen molar-refractivity contribution in [1.82, 2.24) is 0 Å². The van der Waals surface area contributed by atoms with Crippen LogP contribution in [-0.2, 0) is 37.7 Å². The molecule has 1 aliphatic carbocycles. The van der Waals surface area contributed by atoms with Gasteiger partial charge in [0.1, 0.15) is 0 Å². The summed E-state index contributed by atoms with van der Waals surface area (Å²) in [6.07, 6.45) is 4.95. The Kier molecular flexibility index (Phi) is 8.38. The second-order valence-electron chi connectivity index (χ2n) is 12.9. The van der Waals surface area contributed by atoms with E-state index in [4.69, 9.17) is 28.1 Å². The van der Waals surface area contributed by atoms with Crippen LogP contribution in [0.5, 0.6) is 0 Å². The minimum Gasteiger partial charge on any atom is -0.468 e. The first-order valence-electron chi connectivity index (χ1n) is 13.4. The van der Waals surface area contributed by atoms with Crippen molar-refractivity contribution < 1.29 is 37.7 Å². The fourth-order valence-electron chi connectivity index (χ4n) is 5.84. The van der Waals surface area contributed by atoms with Gasteiger partial charge in [0.15, 0.2) is 5.41 Å². The fraction of sp³-hybridized carbons (Fsp3) is 0.923. The number of carbonyl (C=O) groups excluding carboxylic acids is 2. The van der Waals surface area contributed by atoms with Gasteiger partial charge in [0.25, 0.3) is 0 Å². The van der Waals surface area contributed by atoms with E-state index < -0.39 is 35.7 Å². The van der Waals surface area contributed by atoms with Crippen LogP contribution in [0.25, 0.3) is 0 Å². The minimum absolute atomic E-state index is 0.0646. The molecule has 2 atom stereocenters. The maximum absolute atomic E-state index is 12.9. The van der Waals surface area contributed by atoms with Gasteiger partial charge in [-0.25, -0.2) is 0 Å². The lowest BCUT2D eigenvalue weighted by molar-refractivity contribution is -0.169. The van der Waals surface area contributed by atoms with E-state index in [2.05, 4.69) is 27.7 Å². The lowest BCUT2D eigenvalue weighted by atomic mass is 9.72. The fourth-order valence-corrected chi connectivity index (χ4v) is 5.84. The summed E-state index contributed by atoms with van der Waals surface area (Å²) in [4.78, 5) is 25.8. The topological polar surface area (TPSA) is 89.5 Å². The molecule has 0 aromatic carbocycles. The van der Waals surface area contributed by atoms with Crippen molar-refractivity contribution in [3.8, 4) is 0 Å². The molecule has 0 amide bonds. The van der Waals surface area contributed by atoms with Gasteiger partial charge >= 0.3 is 26.2 Å². The van der Waals surface area contributed by atoms with Crippen LogP contribution in [0.1, 0.15) is 87.5 Å². The van der Waals surface area contributed by atoms with Crippen molar-refractivity contribution in [2.45, 2.75) is 123 Å². The van der Waals surface area contributed by atoms with Crippen molar-refractivity contribution in [2.75, 3.05) is 14.2 Å². The zero-order chi connectivity index (χ0) is 27.2. The highest BCUT2D eigenvalue weighted by Gasteiger charge is 2.59. The van der Waals surface area contributed by atoms with E-state index in [1.807, 2.05) is 27.7 Å². The minimum atomic E-state index is -1.28. The summed E-state index contributed by atoms with van der Waals surface area (Å²) in [5, 5.41) is 0. The number of carbonyl (C=O) groups is 2. The number of esters is 2. The van der Waals surface area contributed by atoms with E-state index in [0.29, 0.717) is 19.2 Å². The molecule has 3 rings (SSSR count). The van der Waals surface area contributed by atoms with Gasteiger partial charge in [-0.2, -0.15) is 0 Å². The van der Waals surface area contributed by atoms with E-state index in [1.54, 1.807) is 0 Å². The average molecular weight is 508 g/mol. The quantitative estimate of drug-likeness (QED) is 0.192. The van der Waals surface area contributed by atoms with Gasteiger partial charge in [-0.05, 0) is 92.7 Å². The Balaban J connectivity index is 1.67. The second-order valence-corrected chi connectivity index (χ2v) is 12.9. The molecule has 204 valence electrons. The van der Waals surface area contributed by atoms with Crippen LogP contribution in [-0.4, -0.2) is 62.8 Å². The Morgan fingerprint density at radius 3 is 1.56 bits per heavy atom.